The molecule has 0 radical (unpaired) electrons. The van der Waals surface area contributed by atoms with Crippen molar-refractivity contribution in [1.29, 1.82) is 0 Å². The number of hydrogen-bond donors (Lipinski definition) is 1. The molecule has 0 aliphatic rings. The molecular weight excluding hydrogens is 420 g/mol. The molecule has 8 nitrogen and oxygen atoms in total. The lowest BCUT2D eigenvalue weighted by Gasteiger charge is -2.07. The highest BCUT2D eigenvalue weighted by Gasteiger charge is 2.18. The molecule has 9 heteroatoms. The van der Waals surface area contributed by atoms with Crippen LogP contribution in [0.5, 0.6) is 0 Å². The summed E-state index contributed by atoms with van der Waals surface area (Å²) in [5.74, 6) is 0.570. The number of furan rings is 1. The van der Waals surface area contributed by atoms with Crippen LogP contribution in [0.15, 0.2) is 92.9 Å². The molecule has 4 rings (SSSR count). The molecule has 2 aromatic carbocycles. The quantitative estimate of drug-likeness (QED) is 0.417. The fourth-order valence-corrected chi connectivity index (χ4v) is 3.82. The van der Waals surface area contributed by atoms with Gasteiger partial charge in [-0.3, -0.25) is 0 Å². The van der Waals surface area contributed by atoms with E-state index in [0.29, 0.717) is 11.5 Å². The van der Waals surface area contributed by atoms with Crippen LogP contribution in [0.4, 0.5) is 0 Å². The van der Waals surface area contributed by atoms with Crippen molar-refractivity contribution in [3.63, 3.8) is 0 Å². The van der Waals surface area contributed by atoms with E-state index in [9.17, 15) is 13.2 Å². The predicted molar refractivity (Wildman–Crippen MR) is 110 cm³/mol. The molecule has 0 aliphatic heterocycles. The first-order chi connectivity index (χ1) is 15.0. The van der Waals surface area contributed by atoms with Crippen LogP contribution in [0, 0.1) is 0 Å². The number of aromatic nitrogens is 1. The summed E-state index contributed by atoms with van der Waals surface area (Å²) in [6, 6.07) is 18.3. The normalized spacial score (nSPS) is 11.4. The van der Waals surface area contributed by atoms with Crippen LogP contribution in [-0.2, 0) is 27.9 Å². The van der Waals surface area contributed by atoms with Gasteiger partial charge in [0.05, 0.1) is 29.5 Å². The SMILES string of the molecule is O=C(OCc1ncc(-c2ccccc2)o1)c1cccc(S(=O)(=O)NCc2ccco2)c1. The fourth-order valence-electron chi connectivity index (χ4n) is 2.78. The summed E-state index contributed by atoms with van der Waals surface area (Å²) in [5, 5.41) is 0. The number of hydrogen-bond acceptors (Lipinski definition) is 7. The van der Waals surface area contributed by atoms with Crippen molar-refractivity contribution in [3.8, 4) is 11.3 Å². The summed E-state index contributed by atoms with van der Waals surface area (Å²) in [7, 11) is -3.84. The van der Waals surface area contributed by atoms with Crippen LogP contribution in [-0.4, -0.2) is 19.4 Å². The molecule has 0 amide bonds. The van der Waals surface area contributed by atoms with Crippen molar-refractivity contribution in [1.82, 2.24) is 9.71 Å². The third kappa shape index (κ3) is 5.08. The Morgan fingerprint density at radius 3 is 2.65 bits per heavy atom. The molecule has 31 heavy (non-hydrogen) atoms. The van der Waals surface area contributed by atoms with E-state index in [1.54, 1.807) is 18.3 Å². The van der Waals surface area contributed by atoms with Crippen molar-refractivity contribution in [3.05, 3.63) is 96.4 Å². The van der Waals surface area contributed by atoms with Crippen LogP contribution in [0.1, 0.15) is 22.0 Å². The maximum atomic E-state index is 12.5. The van der Waals surface area contributed by atoms with E-state index in [1.165, 1.54) is 30.5 Å². The van der Waals surface area contributed by atoms with E-state index in [0.717, 1.165) is 5.56 Å². The number of ether oxygens (including phenoxy) is 1. The van der Waals surface area contributed by atoms with E-state index < -0.39 is 16.0 Å². The van der Waals surface area contributed by atoms with Crippen molar-refractivity contribution < 1.29 is 26.8 Å². The lowest BCUT2D eigenvalue weighted by molar-refractivity contribution is 0.0438. The highest BCUT2D eigenvalue weighted by molar-refractivity contribution is 7.89. The van der Waals surface area contributed by atoms with E-state index in [1.807, 2.05) is 30.3 Å². The van der Waals surface area contributed by atoms with Crippen molar-refractivity contribution in [2.75, 3.05) is 0 Å². The minimum atomic E-state index is -3.84. The van der Waals surface area contributed by atoms with Gasteiger partial charge in [0, 0.05) is 5.56 Å². The summed E-state index contributed by atoms with van der Waals surface area (Å²) < 4.78 is 43.3. The molecule has 0 atom stereocenters. The summed E-state index contributed by atoms with van der Waals surface area (Å²) in [6.07, 6.45) is 3.01. The Morgan fingerprint density at radius 2 is 1.87 bits per heavy atom. The Kier molecular flexibility index (Phi) is 5.96. The number of oxazole rings is 1. The van der Waals surface area contributed by atoms with Gasteiger partial charge in [0.1, 0.15) is 5.76 Å². The lowest BCUT2D eigenvalue weighted by atomic mass is 10.2. The average Bonchev–Trinajstić information content (AvgIpc) is 3.49. The highest BCUT2D eigenvalue weighted by atomic mass is 32.2. The van der Waals surface area contributed by atoms with Crippen LogP contribution in [0.25, 0.3) is 11.3 Å². The molecule has 0 unspecified atom stereocenters. The molecule has 0 saturated heterocycles. The maximum absolute atomic E-state index is 12.5. The van der Waals surface area contributed by atoms with Gasteiger partial charge in [-0.2, -0.15) is 0 Å². The summed E-state index contributed by atoms with van der Waals surface area (Å²) in [6.45, 7) is -0.183. The molecule has 0 saturated carbocycles. The average molecular weight is 438 g/mol. The minimum Gasteiger partial charge on any atom is -0.468 e. The van der Waals surface area contributed by atoms with E-state index >= 15 is 0 Å². The van der Waals surface area contributed by atoms with E-state index in [4.69, 9.17) is 13.6 Å². The van der Waals surface area contributed by atoms with Crippen LogP contribution < -0.4 is 4.72 Å². The second-order valence-electron chi connectivity index (χ2n) is 6.49. The third-order valence-corrected chi connectivity index (χ3v) is 5.73. The number of carbonyl (C=O) groups is 1. The summed E-state index contributed by atoms with van der Waals surface area (Å²) in [5.41, 5.74) is 0.947. The highest BCUT2D eigenvalue weighted by Crippen LogP contribution is 2.20. The van der Waals surface area contributed by atoms with Gasteiger partial charge in [-0.25, -0.2) is 22.9 Å². The van der Waals surface area contributed by atoms with Gasteiger partial charge in [0.15, 0.2) is 12.4 Å². The van der Waals surface area contributed by atoms with E-state index in [-0.39, 0.29) is 29.5 Å². The third-order valence-electron chi connectivity index (χ3n) is 4.34. The Hall–Kier alpha value is -3.69. The van der Waals surface area contributed by atoms with Gasteiger partial charge in [0.25, 0.3) is 0 Å². The minimum absolute atomic E-state index is 0.00207. The molecule has 0 aliphatic carbocycles. The zero-order valence-electron chi connectivity index (χ0n) is 16.2. The smallest absolute Gasteiger partial charge is 0.338 e. The molecule has 2 aromatic heterocycles. The zero-order valence-corrected chi connectivity index (χ0v) is 17.0. The number of sulfonamides is 1. The first-order valence-electron chi connectivity index (χ1n) is 9.31. The first kappa shape index (κ1) is 20.6. The van der Waals surface area contributed by atoms with Crippen LogP contribution in [0.2, 0.25) is 0 Å². The topological polar surface area (TPSA) is 112 Å². The van der Waals surface area contributed by atoms with E-state index in [2.05, 4.69) is 9.71 Å². The monoisotopic (exact) mass is 438 g/mol. The fraction of sp³-hybridized carbons (Fsp3) is 0.0909. The van der Waals surface area contributed by atoms with Crippen molar-refractivity contribution in [2.24, 2.45) is 0 Å². The number of nitrogens with zero attached hydrogens (tertiary/aromatic N) is 1. The van der Waals surface area contributed by atoms with Gasteiger partial charge in [-0.05, 0) is 30.3 Å². The Labute approximate surface area is 178 Å². The second-order valence-corrected chi connectivity index (χ2v) is 8.26. The molecule has 2 heterocycles. The number of esters is 1. The molecule has 158 valence electrons. The Morgan fingerprint density at radius 1 is 1.03 bits per heavy atom. The number of rotatable bonds is 8. The number of nitrogens with one attached hydrogen (secondary N) is 1. The van der Waals surface area contributed by atoms with Gasteiger partial charge in [-0.15, -0.1) is 0 Å². The van der Waals surface area contributed by atoms with Gasteiger partial charge < -0.3 is 13.6 Å². The molecule has 0 spiro atoms. The summed E-state index contributed by atoms with van der Waals surface area (Å²) in [4.78, 5) is 16.4. The number of benzene rings is 2. The Balaban J connectivity index is 1.39. The molecule has 1 N–H and O–H groups in total. The summed E-state index contributed by atoms with van der Waals surface area (Å²) >= 11 is 0. The molecule has 0 bridgehead atoms. The largest absolute Gasteiger partial charge is 0.468 e. The van der Waals surface area contributed by atoms with Crippen LogP contribution >= 0.6 is 0 Å². The Bertz CT molecular complexity index is 1260. The van der Waals surface area contributed by atoms with Gasteiger partial charge in [0.2, 0.25) is 15.9 Å². The van der Waals surface area contributed by atoms with Gasteiger partial charge >= 0.3 is 5.97 Å². The maximum Gasteiger partial charge on any atom is 0.338 e. The predicted octanol–water partition coefficient (Wildman–Crippen LogP) is 3.77. The molecule has 4 aromatic rings. The van der Waals surface area contributed by atoms with Crippen molar-refractivity contribution >= 4 is 16.0 Å². The molecule has 0 fully saturated rings. The second kappa shape index (κ2) is 8.99. The number of carbonyl (C=O) groups excluding carboxylic acids is 1. The zero-order chi connectivity index (χ0) is 21.7. The van der Waals surface area contributed by atoms with Gasteiger partial charge in [-0.1, -0.05) is 36.4 Å². The lowest BCUT2D eigenvalue weighted by Crippen LogP contribution is -2.23. The molecular formula is C22H18N2O6S. The van der Waals surface area contributed by atoms with Crippen LogP contribution in [0.3, 0.4) is 0 Å². The standard InChI is InChI=1S/C22H18N2O6S/c25-22(29-15-21-23-14-20(30-21)16-6-2-1-3-7-16)17-8-4-10-19(12-17)31(26,27)24-13-18-9-5-11-28-18/h1-12,14,24H,13,15H2. The van der Waals surface area contributed by atoms with Crippen molar-refractivity contribution in [2.45, 2.75) is 18.0 Å². The first-order valence-corrected chi connectivity index (χ1v) is 10.8.